The molecule has 0 aliphatic heterocycles. The summed E-state index contributed by atoms with van der Waals surface area (Å²) in [6.07, 6.45) is 2.02. The van der Waals surface area contributed by atoms with Gasteiger partial charge in [0.2, 0.25) is 0 Å². The Morgan fingerprint density at radius 3 is 2.74 bits per heavy atom. The lowest BCUT2D eigenvalue weighted by Crippen LogP contribution is -2.13. The molecule has 1 atom stereocenters. The van der Waals surface area contributed by atoms with Gasteiger partial charge in [-0.15, -0.1) is 11.3 Å². The molecule has 1 aromatic carbocycles. The van der Waals surface area contributed by atoms with Crippen molar-refractivity contribution in [2.24, 2.45) is 5.73 Å². The summed E-state index contributed by atoms with van der Waals surface area (Å²) in [6.45, 7) is 5.00. The van der Waals surface area contributed by atoms with Crippen molar-refractivity contribution < 1.29 is 4.74 Å². The zero-order chi connectivity index (χ0) is 13.7. The molecule has 0 radical (unpaired) electrons. The number of ether oxygens (including phenoxy) is 1. The molecule has 2 nitrogen and oxygen atoms in total. The first-order valence-electron chi connectivity index (χ1n) is 6.81. The van der Waals surface area contributed by atoms with E-state index in [0.717, 1.165) is 30.8 Å². The van der Waals surface area contributed by atoms with Crippen molar-refractivity contribution in [1.82, 2.24) is 0 Å². The first-order chi connectivity index (χ1) is 9.27. The molecule has 0 amide bonds. The van der Waals surface area contributed by atoms with Gasteiger partial charge in [0.15, 0.2) is 0 Å². The molecule has 102 valence electrons. The topological polar surface area (TPSA) is 35.2 Å². The fourth-order valence-corrected chi connectivity index (χ4v) is 3.15. The van der Waals surface area contributed by atoms with E-state index in [9.17, 15) is 0 Å². The van der Waals surface area contributed by atoms with Crippen molar-refractivity contribution in [3.8, 4) is 5.75 Å². The molecule has 0 saturated carbocycles. The molecule has 2 rings (SSSR count). The van der Waals surface area contributed by atoms with E-state index < -0.39 is 0 Å². The first kappa shape index (κ1) is 14.1. The van der Waals surface area contributed by atoms with Crippen LogP contribution in [-0.4, -0.2) is 6.61 Å². The normalized spacial score (nSPS) is 12.4. The predicted molar refractivity (Wildman–Crippen MR) is 82.0 cm³/mol. The van der Waals surface area contributed by atoms with E-state index in [1.807, 2.05) is 18.2 Å². The number of para-hydroxylation sites is 1. The Kier molecular flexibility index (Phi) is 5.00. The fourth-order valence-electron chi connectivity index (χ4n) is 2.13. The van der Waals surface area contributed by atoms with E-state index in [1.54, 1.807) is 11.3 Å². The predicted octanol–water partition coefficient (Wildman–Crippen LogP) is 4.15. The number of hydrogen-bond donors (Lipinski definition) is 1. The van der Waals surface area contributed by atoms with Crippen LogP contribution in [0.1, 0.15) is 42.3 Å². The second-order valence-electron chi connectivity index (χ2n) is 4.53. The Balaban J connectivity index is 2.30. The van der Waals surface area contributed by atoms with Gasteiger partial charge in [-0.25, -0.2) is 0 Å². The molecular weight excluding hydrogens is 254 g/mol. The minimum Gasteiger partial charge on any atom is -0.493 e. The van der Waals surface area contributed by atoms with E-state index in [1.165, 1.54) is 10.4 Å². The van der Waals surface area contributed by atoms with Crippen LogP contribution in [0.2, 0.25) is 0 Å². The highest BCUT2D eigenvalue weighted by Crippen LogP contribution is 2.33. The zero-order valence-electron chi connectivity index (χ0n) is 11.6. The van der Waals surface area contributed by atoms with Crippen LogP contribution in [0, 0.1) is 0 Å². The molecule has 0 bridgehead atoms. The molecule has 0 spiro atoms. The molecule has 1 heterocycles. The number of benzene rings is 1. The van der Waals surface area contributed by atoms with E-state index in [-0.39, 0.29) is 6.04 Å². The molecular formula is C16H21NOS. The summed E-state index contributed by atoms with van der Waals surface area (Å²) in [5, 5.41) is 2.11. The van der Waals surface area contributed by atoms with Gasteiger partial charge in [0.05, 0.1) is 12.6 Å². The molecule has 3 heteroatoms. The maximum atomic E-state index is 6.44. The number of nitrogens with two attached hydrogens (primary N) is 1. The summed E-state index contributed by atoms with van der Waals surface area (Å²) in [6, 6.07) is 10.2. The molecule has 2 N–H and O–H groups in total. The van der Waals surface area contributed by atoms with Gasteiger partial charge in [-0.2, -0.15) is 0 Å². The average Bonchev–Trinajstić information content (AvgIpc) is 2.93. The Bertz CT molecular complexity index is 521. The summed E-state index contributed by atoms with van der Waals surface area (Å²) >= 11 is 1.73. The number of rotatable bonds is 6. The number of thiophene rings is 1. The summed E-state index contributed by atoms with van der Waals surface area (Å²) in [4.78, 5) is 1.25. The third-order valence-electron chi connectivity index (χ3n) is 3.16. The molecule has 0 aliphatic carbocycles. The van der Waals surface area contributed by atoms with E-state index >= 15 is 0 Å². The van der Waals surface area contributed by atoms with Crippen LogP contribution in [0.3, 0.4) is 0 Å². The maximum absolute atomic E-state index is 6.44. The van der Waals surface area contributed by atoms with Gasteiger partial charge in [0, 0.05) is 10.4 Å². The second-order valence-corrected chi connectivity index (χ2v) is 5.48. The van der Waals surface area contributed by atoms with Gasteiger partial charge in [-0.05, 0) is 35.9 Å². The second kappa shape index (κ2) is 6.73. The monoisotopic (exact) mass is 275 g/mol. The summed E-state index contributed by atoms with van der Waals surface area (Å²) in [5.74, 6) is 0.910. The quantitative estimate of drug-likeness (QED) is 0.859. The van der Waals surface area contributed by atoms with Crippen LogP contribution >= 0.6 is 11.3 Å². The molecule has 0 fully saturated rings. The summed E-state index contributed by atoms with van der Waals surface area (Å²) < 4.78 is 5.80. The molecule has 19 heavy (non-hydrogen) atoms. The SMILES string of the molecule is CCCOc1ccccc1C(N)c1sccc1CC. The van der Waals surface area contributed by atoms with E-state index in [4.69, 9.17) is 10.5 Å². The van der Waals surface area contributed by atoms with Crippen molar-refractivity contribution in [3.63, 3.8) is 0 Å². The molecule has 2 aromatic rings. The van der Waals surface area contributed by atoms with Gasteiger partial charge < -0.3 is 10.5 Å². The zero-order valence-corrected chi connectivity index (χ0v) is 12.4. The van der Waals surface area contributed by atoms with E-state index in [2.05, 4.69) is 31.4 Å². The molecule has 1 unspecified atom stereocenters. The van der Waals surface area contributed by atoms with E-state index in [0.29, 0.717) is 0 Å². The first-order valence-corrected chi connectivity index (χ1v) is 7.69. The van der Waals surface area contributed by atoms with Gasteiger partial charge in [0.1, 0.15) is 5.75 Å². The smallest absolute Gasteiger partial charge is 0.124 e. The standard InChI is InChI=1S/C16H21NOS/c1-3-10-18-14-8-6-5-7-13(14)15(17)16-12(4-2)9-11-19-16/h5-9,11,15H,3-4,10,17H2,1-2H3. The van der Waals surface area contributed by atoms with Gasteiger partial charge >= 0.3 is 0 Å². The molecule has 0 saturated heterocycles. The third kappa shape index (κ3) is 3.17. The lowest BCUT2D eigenvalue weighted by atomic mass is 10.0. The van der Waals surface area contributed by atoms with Crippen molar-refractivity contribution >= 4 is 11.3 Å². The highest BCUT2D eigenvalue weighted by atomic mass is 32.1. The molecule has 1 aromatic heterocycles. The maximum Gasteiger partial charge on any atom is 0.124 e. The van der Waals surface area contributed by atoms with Gasteiger partial charge in [-0.1, -0.05) is 32.0 Å². The number of aryl methyl sites for hydroxylation is 1. The Hall–Kier alpha value is -1.32. The van der Waals surface area contributed by atoms with Crippen LogP contribution in [0.5, 0.6) is 5.75 Å². The van der Waals surface area contributed by atoms with Crippen molar-refractivity contribution in [2.45, 2.75) is 32.7 Å². The minimum absolute atomic E-state index is 0.0944. The largest absolute Gasteiger partial charge is 0.493 e. The summed E-state index contributed by atoms with van der Waals surface area (Å²) in [7, 11) is 0. The van der Waals surface area contributed by atoms with Crippen molar-refractivity contribution in [1.29, 1.82) is 0 Å². The van der Waals surface area contributed by atoms with Crippen molar-refractivity contribution in [3.05, 3.63) is 51.7 Å². The highest BCUT2D eigenvalue weighted by Gasteiger charge is 2.17. The molecule has 0 aliphatic rings. The lowest BCUT2D eigenvalue weighted by molar-refractivity contribution is 0.313. The van der Waals surface area contributed by atoms with Crippen molar-refractivity contribution in [2.75, 3.05) is 6.61 Å². The van der Waals surface area contributed by atoms with Crippen LogP contribution in [0.25, 0.3) is 0 Å². The number of hydrogen-bond acceptors (Lipinski definition) is 3. The Labute approximate surface area is 119 Å². The average molecular weight is 275 g/mol. The van der Waals surface area contributed by atoms with Crippen LogP contribution in [0.4, 0.5) is 0 Å². The Morgan fingerprint density at radius 1 is 1.21 bits per heavy atom. The van der Waals surface area contributed by atoms with Crippen LogP contribution < -0.4 is 10.5 Å². The van der Waals surface area contributed by atoms with Gasteiger partial charge in [0.25, 0.3) is 0 Å². The third-order valence-corrected chi connectivity index (χ3v) is 4.20. The summed E-state index contributed by atoms with van der Waals surface area (Å²) in [5.41, 5.74) is 8.85. The van der Waals surface area contributed by atoms with Gasteiger partial charge in [-0.3, -0.25) is 0 Å². The minimum atomic E-state index is -0.0944. The fraction of sp³-hybridized carbons (Fsp3) is 0.375. The lowest BCUT2D eigenvalue weighted by Gasteiger charge is -2.17. The Morgan fingerprint density at radius 2 is 2.00 bits per heavy atom. The highest BCUT2D eigenvalue weighted by molar-refractivity contribution is 7.10. The van der Waals surface area contributed by atoms with Crippen LogP contribution in [0.15, 0.2) is 35.7 Å². The van der Waals surface area contributed by atoms with Crippen LogP contribution in [-0.2, 0) is 6.42 Å².